The predicted molar refractivity (Wildman–Crippen MR) is 69.6 cm³/mol. The smallest absolute Gasteiger partial charge is 0.316 e. The summed E-state index contributed by atoms with van der Waals surface area (Å²) in [7, 11) is -0.780. The maximum absolute atomic E-state index is 12.0. The van der Waals surface area contributed by atoms with E-state index >= 15 is 0 Å². The highest BCUT2D eigenvalue weighted by Crippen LogP contribution is 2.26. The summed E-state index contributed by atoms with van der Waals surface area (Å²) < 4.78 is 11.2. The average Bonchev–Trinajstić information content (AvgIpc) is 2.18. The maximum atomic E-state index is 12.0. The quantitative estimate of drug-likeness (QED) is 0.745. The molecule has 1 atom stereocenters. The maximum Gasteiger partial charge on any atom is 0.316 e. The van der Waals surface area contributed by atoms with E-state index in [-0.39, 0.29) is 6.04 Å². The highest BCUT2D eigenvalue weighted by atomic mass is 32.2. The van der Waals surface area contributed by atoms with Crippen molar-refractivity contribution in [2.45, 2.75) is 39.7 Å². The zero-order chi connectivity index (χ0) is 13.9. The van der Waals surface area contributed by atoms with E-state index in [0.29, 0.717) is 24.3 Å². The first-order valence-corrected chi connectivity index (χ1v) is 7.59. The Morgan fingerprint density at radius 2 is 1.78 bits per heavy atom. The molecule has 1 heterocycles. The Morgan fingerprint density at radius 1 is 1.28 bits per heavy atom. The van der Waals surface area contributed by atoms with Crippen LogP contribution in [0.2, 0.25) is 0 Å². The predicted octanol–water partition coefficient (Wildman–Crippen LogP) is 0.761. The third kappa shape index (κ3) is 4.08. The summed E-state index contributed by atoms with van der Waals surface area (Å²) in [5.74, 6) is -1.42. The number of rotatable bonds is 3. The molecule has 1 aliphatic rings. The van der Waals surface area contributed by atoms with Crippen molar-refractivity contribution in [3.8, 4) is 0 Å². The first kappa shape index (κ1) is 15.1. The molecule has 0 radical (unpaired) electrons. The van der Waals surface area contributed by atoms with E-state index < -0.39 is 34.0 Å². The lowest BCUT2D eigenvalue weighted by Crippen LogP contribution is -2.48. The Balaban J connectivity index is 2.63. The van der Waals surface area contributed by atoms with Gasteiger partial charge in [-0.25, -0.2) is 0 Å². The fraction of sp³-hybridized carbons (Fsp3) is 0.833. The zero-order valence-electron chi connectivity index (χ0n) is 11.1. The van der Waals surface area contributed by atoms with Crippen molar-refractivity contribution in [1.82, 2.24) is 5.32 Å². The van der Waals surface area contributed by atoms with Gasteiger partial charge in [-0.1, -0.05) is 20.8 Å². The largest absolute Gasteiger partial charge is 0.481 e. The van der Waals surface area contributed by atoms with Gasteiger partial charge in [0.1, 0.15) is 5.92 Å². The summed E-state index contributed by atoms with van der Waals surface area (Å²) in [6.45, 7) is 5.21. The van der Waals surface area contributed by atoms with Gasteiger partial charge in [0.05, 0.1) is 0 Å². The van der Waals surface area contributed by atoms with Crippen LogP contribution < -0.4 is 5.32 Å². The molecule has 0 saturated carbocycles. The van der Waals surface area contributed by atoms with Gasteiger partial charge in [-0.3, -0.25) is 13.8 Å². The molecule has 6 heteroatoms. The molecule has 0 aliphatic carbocycles. The number of carbonyl (C=O) groups is 2. The summed E-state index contributed by atoms with van der Waals surface area (Å²) in [5.41, 5.74) is -0.618. The second kappa shape index (κ2) is 5.82. The van der Waals surface area contributed by atoms with Gasteiger partial charge in [0, 0.05) is 28.3 Å². The fourth-order valence-corrected chi connectivity index (χ4v) is 3.40. The molecule has 1 rings (SSSR count). The monoisotopic (exact) mass is 275 g/mol. The topological polar surface area (TPSA) is 83.5 Å². The molecule has 18 heavy (non-hydrogen) atoms. The van der Waals surface area contributed by atoms with Gasteiger partial charge < -0.3 is 10.4 Å². The molecule has 1 aliphatic heterocycles. The minimum absolute atomic E-state index is 0.0422. The van der Waals surface area contributed by atoms with Gasteiger partial charge in [-0.05, 0) is 18.3 Å². The molecule has 104 valence electrons. The SMILES string of the molecule is CC(C)(C)C(C(=O)O)C(=O)NC1CCS(=O)CC1. The van der Waals surface area contributed by atoms with Gasteiger partial charge in [0.2, 0.25) is 5.91 Å². The molecule has 0 aromatic heterocycles. The standard InChI is InChI=1S/C12H21NO4S/c1-12(2,3)9(11(15)16)10(14)13-8-4-6-18(17)7-5-8/h8-9H,4-7H2,1-3H3,(H,13,14)(H,15,16). The number of amides is 1. The number of carboxylic acids is 1. The molecule has 0 aromatic carbocycles. The summed E-state index contributed by atoms with van der Waals surface area (Å²) >= 11 is 0. The Labute approximate surface area is 110 Å². The molecule has 5 nitrogen and oxygen atoms in total. The van der Waals surface area contributed by atoms with Crippen LogP contribution in [0.1, 0.15) is 33.6 Å². The molecule has 1 fully saturated rings. The van der Waals surface area contributed by atoms with Gasteiger partial charge in [-0.15, -0.1) is 0 Å². The second-order valence-corrected chi connectivity index (χ2v) is 7.46. The van der Waals surface area contributed by atoms with Gasteiger partial charge >= 0.3 is 5.97 Å². The first-order chi connectivity index (χ1) is 8.21. The van der Waals surface area contributed by atoms with Gasteiger partial charge in [-0.2, -0.15) is 0 Å². The molecule has 0 spiro atoms. The van der Waals surface area contributed by atoms with Crippen molar-refractivity contribution in [3.63, 3.8) is 0 Å². The number of hydrogen-bond acceptors (Lipinski definition) is 3. The Hall–Kier alpha value is -0.910. The fourth-order valence-electron chi connectivity index (χ4n) is 2.10. The number of aliphatic carboxylic acids is 1. The van der Waals surface area contributed by atoms with Crippen molar-refractivity contribution >= 4 is 22.7 Å². The molecule has 0 aromatic rings. The van der Waals surface area contributed by atoms with E-state index in [4.69, 9.17) is 5.11 Å². The van der Waals surface area contributed by atoms with Crippen LogP contribution >= 0.6 is 0 Å². The minimum Gasteiger partial charge on any atom is -0.481 e. The zero-order valence-corrected chi connectivity index (χ0v) is 11.9. The lowest BCUT2D eigenvalue weighted by atomic mass is 9.80. The van der Waals surface area contributed by atoms with Crippen LogP contribution in [0, 0.1) is 11.3 Å². The Bertz CT molecular complexity index is 352. The minimum atomic E-state index is -1.10. The third-order valence-electron chi connectivity index (χ3n) is 3.11. The molecule has 1 unspecified atom stereocenters. The van der Waals surface area contributed by atoms with Crippen LogP contribution in [0.3, 0.4) is 0 Å². The number of nitrogens with one attached hydrogen (secondary N) is 1. The first-order valence-electron chi connectivity index (χ1n) is 6.10. The molecule has 2 N–H and O–H groups in total. The number of carboxylic acid groups (broad SMARTS) is 1. The molecule has 1 amide bonds. The Kier molecular flexibility index (Phi) is 4.90. The number of hydrogen-bond donors (Lipinski definition) is 2. The van der Waals surface area contributed by atoms with E-state index in [0.717, 1.165) is 0 Å². The lowest BCUT2D eigenvalue weighted by molar-refractivity contribution is -0.151. The van der Waals surface area contributed by atoms with Crippen molar-refractivity contribution in [2.24, 2.45) is 11.3 Å². The van der Waals surface area contributed by atoms with E-state index in [1.807, 2.05) is 0 Å². The van der Waals surface area contributed by atoms with Crippen LogP contribution in [0.5, 0.6) is 0 Å². The summed E-state index contributed by atoms with van der Waals surface area (Å²) in [6.07, 6.45) is 1.32. The van der Waals surface area contributed by atoms with E-state index in [1.165, 1.54) is 0 Å². The van der Waals surface area contributed by atoms with E-state index in [2.05, 4.69) is 5.32 Å². The third-order valence-corrected chi connectivity index (χ3v) is 4.49. The van der Waals surface area contributed by atoms with Crippen LogP contribution in [0.25, 0.3) is 0 Å². The van der Waals surface area contributed by atoms with E-state index in [9.17, 15) is 13.8 Å². The van der Waals surface area contributed by atoms with Gasteiger partial charge in [0.15, 0.2) is 0 Å². The summed E-state index contributed by atoms with van der Waals surface area (Å²) in [4.78, 5) is 23.2. The molecule has 0 bridgehead atoms. The Morgan fingerprint density at radius 3 is 2.17 bits per heavy atom. The van der Waals surface area contributed by atoms with Crippen LogP contribution in [0.4, 0.5) is 0 Å². The highest BCUT2D eigenvalue weighted by Gasteiger charge is 2.38. The average molecular weight is 275 g/mol. The van der Waals surface area contributed by atoms with E-state index in [1.54, 1.807) is 20.8 Å². The molecular weight excluding hydrogens is 254 g/mol. The van der Waals surface area contributed by atoms with Crippen LogP contribution in [0.15, 0.2) is 0 Å². The molecule has 1 saturated heterocycles. The lowest BCUT2D eigenvalue weighted by Gasteiger charge is -2.29. The van der Waals surface area contributed by atoms with Crippen LogP contribution in [-0.2, 0) is 20.4 Å². The number of carbonyl (C=O) groups excluding carboxylic acids is 1. The van der Waals surface area contributed by atoms with Crippen LogP contribution in [-0.4, -0.2) is 38.7 Å². The summed E-state index contributed by atoms with van der Waals surface area (Å²) in [5, 5.41) is 11.9. The second-order valence-electron chi connectivity index (χ2n) is 5.77. The van der Waals surface area contributed by atoms with Crippen molar-refractivity contribution in [1.29, 1.82) is 0 Å². The van der Waals surface area contributed by atoms with Crippen molar-refractivity contribution in [2.75, 3.05) is 11.5 Å². The van der Waals surface area contributed by atoms with Crippen molar-refractivity contribution < 1.29 is 18.9 Å². The van der Waals surface area contributed by atoms with Gasteiger partial charge in [0.25, 0.3) is 0 Å². The summed E-state index contributed by atoms with van der Waals surface area (Å²) in [6, 6.07) is -0.0422. The normalized spacial score (nSPS) is 26.4. The van der Waals surface area contributed by atoms with Crippen molar-refractivity contribution in [3.05, 3.63) is 0 Å². The highest BCUT2D eigenvalue weighted by molar-refractivity contribution is 7.85. The molecular formula is C12H21NO4S.